The number of imidazole rings is 1. The van der Waals surface area contributed by atoms with Crippen molar-refractivity contribution in [3.63, 3.8) is 0 Å². The van der Waals surface area contributed by atoms with Crippen molar-refractivity contribution in [1.82, 2.24) is 29.9 Å². The number of hydrogen-bond acceptors (Lipinski definition) is 5. The minimum Gasteiger partial charge on any atom is -0.350 e. The molecule has 3 aromatic heterocycles. The van der Waals surface area contributed by atoms with Crippen molar-refractivity contribution in [3.05, 3.63) is 41.7 Å². The number of aromatic amines is 1. The number of carbonyl (C=O) groups excluding carboxylic acids is 2. The van der Waals surface area contributed by atoms with Crippen LogP contribution in [-0.4, -0.2) is 42.6 Å². The van der Waals surface area contributed by atoms with Crippen LogP contribution in [0.4, 0.5) is 27.8 Å². The van der Waals surface area contributed by atoms with E-state index in [9.17, 15) is 27.2 Å². The molecule has 0 saturated heterocycles. The highest BCUT2D eigenvalue weighted by atomic mass is 19.4. The van der Waals surface area contributed by atoms with E-state index >= 15 is 4.39 Å². The first-order chi connectivity index (χ1) is 17.0. The van der Waals surface area contributed by atoms with Gasteiger partial charge in [0.2, 0.25) is 11.8 Å². The molecule has 5 rings (SSSR count). The maximum absolute atomic E-state index is 15.6. The van der Waals surface area contributed by atoms with E-state index < -0.39 is 58.6 Å². The summed E-state index contributed by atoms with van der Waals surface area (Å²) in [5, 5.41) is 11.1. The summed E-state index contributed by atoms with van der Waals surface area (Å²) >= 11 is 0. The van der Waals surface area contributed by atoms with Gasteiger partial charge in [-0.2, -0.15) is 18.3 Å². The van der Waals surface area contributed by atoms with Crippen LogP contribution in [0.15, 0.2) is 24.8 Å². The van der Waals surface area contributed by atoms with Gasteiger partial charge >= 0.3 is 6.18 Å². The molecule has 2 amide bonds. The molecule has 36 heavy (non-hydrogen) atoms. The quantitative estimate of drug-likeness (QED) is 0.354. The molecule has 14 heteroatoms. The van der Waals surface area contributed by atoms with Crippen molar-refractivity contribution in [3.8, 4) is 11.3 Å². The maximum Gasteiger partial charge on any atom is 0.419 e. The number of alkyl halides is 4. The number of nitrogens with zero attached hydrogens (tertiary/aromatic N) is 4. The number of nitrogens with one attached hydrogen (secondary N) is 3. The van der Waals surface area contributed by atoms with E-state index in [1.54, 1.807) is 0 Å². The number of benzene rings is 1. The average molecular weight is 507 g/mol. The number of fused-ring (bicyclic) bond motifs is 2. The Morgan fingerprint density at radius 1 is 1.25 bits per heavy atom. The second-order valence-corrected chi connectivity index (χ2v) is 8.57. The Balaban J connectivity index is 1.66. The molecule has 1 saturated carbocycles. The van der Waals surface area contributed by atoms with E-state index in [0.717, 1.165) is 12.4 Å². The van der Waals surface area contributed by atoms with Gasteiger partial charge in [-0.15, -0.1) is 0 Å². The van der Waals surface area contributed by atoms with Crippen LogP contribution in [0.5, 0.6) is 0 Å². The summed E-state index contributed by atoms with van der Waals surface area (Å²) in [5.41, 5.74) is -2.58. The van der Waals surface area contributed by atoms with Crippen LogP contribution < -0.4 is 10.6 Å². The lowest BCUT2D eigenvalue weighted by molar-refractivity contribution is -0.139. The minimum atomic E-state index is -5.12. The molecule has 0 aliphatic heterocycles. The second-order valence-electron chi connectivity index (χ2n) is 8.57. The van der Waals surface area contributed by atoms with Crippen LogP contribution in [-0.2, 0) is 15.8 Å². The monoisotopic (exact) mass is 507 g/mol. The highest BCUT2D eigenvalue weighted by Crippen LogP contribution is 2.45. The van der Waals surface area contributed by atoms with Gasteiger partial charge in [-0.1, -0.05) is 0 Å². The predicted molar refractivity (Wildman–Crippen MR) is 117 cm³/mol. The summed E-state index contributed by atoms with van der Waals surface area (Å²) in [6.45, 7) is 2.53. The molecule has 3 heterocycles. The molecule has 0 spiro atoms. The summed E-state index contributed by atoms with van der Waals surface area (Å²) < 4.78 is 72.7. The number of amides is 2. The standard InChI is InChI=1S/C22H18F5N7O2/c1-8(30-9(2)35)16-19(24)18(22(25,26)27)17(11-4-29-33-20(11)16)13-6-34-7-14(31-15(34)5-28-13)32-21(36)10-3-12(10)23/h4-8,10,12H,3H2,1-2H3,(H,29,33)(H,30,35)(H,32,36)/t8?,10-,12+/m1/s1. The highest BCUT2D eigenvalue weighted by molar-refractivity contribution is 5.98. The van der Waals surface area contributed by atoms with E-state index in [1.165, 1.54) is 30.6 Å². The largest absolute Gasteiger partial charge is 0.419 e. The first kappa shape index (κ1) is 23.6. The van der Waals surface area contributed by atoms with Crippen LogP contribution in [0, 0.1) is 11.7 Å². The van der Waals surface area contributed by atoms with Crippen LogP contribution in [0.25, 0.3) is 27.8 Å². The topological polar surface area (TPSA) is 117 Å². The Labute approximate surface area is 199 Å². The Morgan fingerprint density at radius 3 is 2.61 bits per heavy atom. The lowest BCUT2D eigenvalue weighted by atomic mass is 9.92. The van der Waals surface area contributed by atoms with Crippen LogP contribution in [0.3, 0.4) is 0 Å². The van der Waals surface area contributed by atoms with E-state index in [2.05, 4.69) is 30.8 Å². The summed E-state index contributed by atoms with van der Waals surface area (Å²) in [4.78, 5) is 31.7. The molecule has 1 fully saturated rings. The van der Waals surface area contributed by atoms with E-state index in [4.69, 9.17) is 0 Å². The molecule has 188 valence electrons. The molecule has 9 nitrogen and oxygen atoms in total. The molecule has 1 aromatic carbocycles. The molecule has 1 aliphatic carbocycles. The van der Waals surface area contributed by atoms with Crippen molar-refractivity contribution < 1.29 is 31.5 Å². The average Bonchev–Trinajstić information content (AvgIpc) is 3.15. The molecular formula is C22H18F5N7O2. The SMILES string of the molecule is CC(=O)NC(C)c1c(F)c(C(F)(F)F)c(-c2cn3cc(NC(=O)[C@@H]4C[C@@H]4F)nc3cn2)c2cn[nH]c12. The zero-order valence-electron chi connectivity index (χ0n) is 18.7. The number of carbonyl (C=O) groups is 2. The Kier molecular flexibility index (Phi) is 5.41. The van der Waals surface area contributed by atoms with E-state index in [1.807, 2.05) is 0 Å². The third-order valence-corrected chi connectivity index (χ3v) is 5.92. The first-order valence-corrected chi connectivity index (χ1v) is 10.8. The Bertz CT molecular complexity index is 1530. The van der Waals surface area contributed by atoms with Crippen molar-refractivity contribution in [2.24, 2.45) is 5.92 Å². The van der Waals surface area contributed by atoms with Gasteiger partial charge in [-0.25, -0.2) is 13.8 Å². The second kappa shape index (κ2) is 8.24. The predicted octanol–water partition coefficient (Wildman–Crippen LogP) is 3.92. The number of halogens is 5. The molecule has 0 radical (unpaired) electrons. The summed E-state index contributed by atoms with van der Waals surface area (Å²) in [5.74, 6) is -3.36. The third kappa shape index (κ3) is 4.01. The van der Waals surface area contributed by atoms with E-state index in [-0.39, 0.29) is 34.5 Å². The summed E-state index contributed by atoms with van der Waals surface area (Å²) in [7, 11) is 0. The van der Waals surface area contributed by atoms with Crippen LogP contribution in [0.1, 0.15) is 37.4 Å². The number of aromatic nitrogens is 5. The Hall–Kier alpha value is -4.10. The van der Waals surface area contributed by atoms with Crippen molar-refractivity contribution in [2.45, 2.75) is 38.7 Å². The van der Waals surface area contributed by atoms with Gasteiger partial charge < -0.3 is 15.0 Å². The fourth-order valence-electron chi connectivity index (χ4n) is 4.23. The molecule has 3 N–H and O–H groups in total. The maximum atomic E-state index is 15.6. The normalized spacial score (nSPS) is 18.4. The molecule has 1 unspecified atom stereocenters. The van der Waals surface area contributed by atoms with Crippen molar-refractivity contribution in [1.29, 1.82) is 0 Å². The minimum absolute atomic E-state index is 0.0255. The number of anilines is 1. The summed E-state index contributed by atoms with van der Waals surface area (Å²) in [6.07, 6.45) is -1.38. The van der Waals surface area contributed by atoms with Gasteiger partial charge in [0.15, 0.2) is 11.5 Å². The van der Waals surface area contributed by atoms with E-state index in [0.29, 0.717) is 0 Å². The van der Waals surface area contributed by atoms with Crippen LogP contribution in [0.2, 0.25) is 0 Å². The molecular weight excluding hydrogens is 489 g/mol. The zero-order valence-corrected chi connectivity index (χ0v) is 18.7. The fourth-order valence-corrected chi connectivity index (χ4v) is 4.23. The first-order valence-electron chi connectivity index (χ1n) is 10.8. The third-order valence-electron chi connectivity index (χ3n) is 5.92. The van der Waals surface area contributed by atoms with Gasteiger partial charge in [-0.3, -0.25) is 19.7 Å². The fraction of sp³-hybridized carbons (Fsp3) is 0.318. The number of rotatable bonds is 5. The Morgan fingerprint density at radius 2 is 1.97 bits per heavy atom. The van der Waals surface area contributed by atoms with Gasteiger partial charge in [0, 0.05) is 29.6 Å². The number of H-pyrrole nitrogens is 1. The van der Waals surface area contributed by atoms with Crippen molar-refractivity contribution >= 4 is 34.2 Å². The van der Waals surface area contributed by atoms with Gasteiger partial charge in [0.1, 0.15) is 17.6 Å². The smallest absolute Gasteiger partial charge is 0.350 e. The van der Waals surface area contributed by atoms with Crippen molar-refractivity contribution in [2.75, 3.05) is 5.32 Å². The lowest BCUT2D eigenvalue weighted by Gasteiger charge is -2.21. The van der Waals surface area contributed by atoms with Gasteiger partial charge in [0.05, 0.1) is 41.8 Å². The van der Waals surface area contributed by atoms with Gasteiger partial charge in [0.25, 0.3) is 0 Å². The number of hydrogen-bond donors (Lipinski definition) is 3. The molecule has 1 aliphatic rings. The zero-order chi connectivity index (χ0) is 25.9. The molecule has 3 atom stereocenters. The van der Waals surface area contributed by atoms with Gasteiger partial charge in [-0.05, 0) is 13.3 Å². The lowest BCUT2D eigenvalue weighted by Crippen LogP contribution is -2.26. The highest BCUT2D eigenvalue weighted by Gasteiger charge is 2.44. The molecule has 4 aromatic rings. The van der Waals surface area contributed by atoms with Crippen LogP contribution >= 0.6 is 0 Å². The molecule has 0 bridgehead atoms. The summed E-state index contributed by atoms with van der Waals surface area (Å²) in [6, 6.07) is -1.09.